The molecule has 1 aromatic heterocycles. The zero-order valence-corrected chi connectivity index (χ0v) is 8.66. The number of hydrogen-bond donors (Lipinski definition) is 2. The van der Waals surface area contributed by atoms with Crippen LogP contribution in [0.1, 0.15) is 19.4 Å². The molecule has 0 aliphatic rings. The lowest BCUT2D eigenvalue weighted by atomic mass is 10.0. The molecule has 3 N–H and O–H groups in total. The Bertz CT molecular complexity index is 347. The van der Waals surface area contributed by atoms with Crippen LogP contribution in [0.2, 0.25) is 0 Å². The zero-order chi connectivity index (χ0) is 10.8. The summed E-state index contributed by atoms with van der Waals surface area (Å²) in [6.07, 6.45) is 3.41. The first kappa shape index (κ1) is 10.5. The van der Waals surface area contributed by atoms with Crippen molar-refractivity contribution in [3.05, 3.63) is 24.0 Å². The molecule has 0 spiro atoms. The Balaban J connectivity index is 2.89. The van der Waals surface area contributed by atoms with Crippen molar-refractivity contribution in [2.75, 3.05) is 5.32 Å². The molecule has 14 heavy (non-hydrogen) atoms. The number of nitrogens with zero attached hydrogens (tertiary/aromatic N) is 1. The van der Waals surface area contributed by atoms with Crippen LogP contribution >= 0.6 is 0 Å². The van der Waals surface area contributed by atoms with Gasteiger partial charge in [0, 0.05) is 18.1 Å². The summed E-state index contributed by atoms with van der Waals surface area (Å²) in [7, 11) is 0. The van der Waals surface area contributed by atoms with Crippen LogP contribution in [0.25, 0.3) is 0 Å². The van der Waals surface area contributed by atoms with E-state index in [2.05, 4.69) is 10.3 Å². The van der Waals surface area contributed by atoms with Crippen molar-refractivity contribution in [1.29, 1.82) is 0 Å². The molecule has 0 aliphatic carbocycles. The van der Waals surface area contributed by atoms with E-state index in [9.17, 15) is 4.79 Å². The van der Waals surface area contributed by atoms with E-state index in [0.717, 1.165) is 11.3 Å². The third kappa shape index (κ3) is 2.22. The summed E-state index contributed by atoms with van der Waals surface area (Å²) in [6, 6.07) is 1.82. The van der Waals surface area contributed by atoms with Gasteiger partial charge < -0.3 is 11.1 Å². The topological polar surface area (TPSA) is 68.0 Å². The van der Waals surface area contributed by atoms with Crippen LogP contribution in [0, 0.1) is 6.92 Å². The minimum absolute atomic E-state index is 0.381. The molecule has 0 bridgehead atoms. The van der Waals surface area contributed by atoms with Gasteiger partial charge in [-0.15, -0.1) is 0 Å². The van der Waals surface area contributed by atoms with Crippen molar-refractivity contribution in [3.8, 4) is 0 Å². The largest absolute Gasteiger partial charge is 0.371 e. The van der Waals surface area contributed by atoms with Gasteiger partial charge in [-0.2, -0.15) is 0 Å². The average molecular weight is 193 g/mol. The fourth-order valence-electron chi connectivity index (χ4n) is 1.01. The number of primary amides is 1. The molecular weight excluding hydrogens is 178 g/mol. The van der Waals surface area contributed by atoms with Crippen LogP contribution in [0.4, 0.5) is 5.69 Å². The highest BCUT2D eigenvalue weighted by Crippen LogP contribution is 2.17. The van der Waals surface area contributed by atoms with Crippen LogP contribution in [-0.2, 0) is 4.79 Å². The predicted molar refractivity (Wildman–Crippen MR) is 55.9 cm³/mol. The first-order valence-electron chi connectivity index (χ1n) is 4.42. The Labute approximate surface area is 83.5 Å². The molecule has 0 radical (unpaired) electrons. The van der Waals surface area contributed by atoms with Gasteiger partial charge in [0.2, 0.25) is 5.91 Å². The summed E-state index contributed by atoms with van der Waals surface area (Å²) in [5.74, 6) is -0.381. The number of anilines is 1. The Morgan fingerprint density at radius 2 is 2.21 bits per heavy atom. The number of carbonyl (C=O) groups excluding carboxylic acids is 1. The number of amides is 1. The quantitative estimate of drug-likeness (QED) is 0.754. The first-order chi connectivity index (χ1) is 6.43. The molecule has 1 heterocycles. The van der Waals surface area contributed by atoms with Gasteiger partial charge in [-0.1, -0.05) is 0 Å². The average Bonchev–Trinajstić information content (AvgIpc) is 2.08. The van der Waals surface area contributed by atoms with Crippen molar-refractivity contribution >= 4 is 11.6 Å². The summed E-state index contributed by atoms with van der Waals surface area (Å²) in [5, 5.41) is 3.07. The highest BCUT2D eigenvalue weighted by Gasteiger charge is 2.24. The van der Waals surface area contributed by atoms with E-state index in [-0.39, 0.29) is 5.91 Å². The van der Waals surface area contributed by atoms with Crippen LogP contribution in [-0.4, -0.2) is 16.4 Å². The van der Waals surface area contributed by atoms with E-state index in [0.29, 0.717) is 0 Å². The first-order valence-corrected chi connectivity index (χ1v) is 4.42. The van der Waals surface area contributed by atoms with E-state index in [1.165, 1.54) is 0 Å². The molecule has 0 unspecified atom stereocenters. The molecule has 0 atom stereocenters. The third-order valence-corrected chi connectivity index (χ3v) is 2.08. The van der Waals surface area contributed by atoms with E-state index in [1.54, 1.807) is 26.2 Å². The zero-order valence-electron chi connectivity index (χ0n) is 8.66. The van der Waals surface area contributed by atoms with E-state index in [1.807, 2.05) is 13.0 Å². The SMILES string of the molecule is Cc1cnccc1NC(C)(C)C(N)=O. The smallest absolute Gasteiger partial charge is 0.242 e. The Morgan fingerprint density at radius 3 is 2.71 bits per heavy atom. The van der Waals surface area contributed by atoms with Crippen LogP contribution in [0.3, 0.4) is 0 Å². The summed E-state index contributed by atoms with van der Waals surface area (Å²) < 4.78 is 0. The molecule has 0 aromatic carbocycles. The van der Waals surface area contributed by atoms with Crippen molar-refractivity contribution in [1.82, 2.24) is 4.98 Å². The molecule has 0 fully saturated rings. The molecule has 1 amide bonds. The number of nitrogens with one attached hydrogen (secondary N) is 1. The van der Waals surface area contributed by atoms with Crippen molar-refractivity contribution in [2.45, 2.75) is 26.3 Å². The van der Waals surface area contributed by atoms with Gasteiger partial charge in [0.15, 0.2) is 0 Å². The molecule has 0 saturated carbocycles. The van der Waals surface area contributed by atoms with Crippen LogP contribution in [0.15, 0.2) is 18.5 Å². The minimum Gasteiger partial charge on any atom is -0.371 e. The molecular formula is C10H15N3O. The summed E-state index contributed by atoms with van der Waals surface area (Å²) >= 11 is 0. The summed E-state index contributed by atoms with van der Waals surface area (Å²) in [5.41, 5.74) is 6.37. The van der Waals surface area contributed by atoms with Crippen LogP contribution in [0.5, 0.6) is 0 Å². The molecule has 0 aliphatic heterocycles. The molecule has 76 valence electrons. The number of carbonyl (C=O) groups is 1. The maximum absolute atomic E-state index is 11.1. The van der Waals surface area contributed by atoms with Crippen molar-refractivity contribution in [3.63, 3.8) is 0 Å². The van der Waals surface area contributed by atoms with Gasteiger partial charge in [0.25, 0.3) is 0 Å². The number of rotatable bonds is 3. The number of pyridine rings is 1. The van der Waals surface area contributed by atoms with E-state index in [4.69, 9.17) is 5.73 Å². The van der Waals surface area contributed by atoms with Crippen molar-refractivity contribution < 1.29 is 4.79 Å². The van der Waals surface area contributed by atoms with Gasteiger partial charge in [-0.3, -0.25) is 9.78 Å². The second-order valence-corrected chi connectivity index (χ2v) is 3.80. The summed E-state index contributed by atoms with van der Waals surface area (Å²) in [6.45, 7) is 5.41. The summed E-state index contributed by atoms with van der Waals surface area (Å²) in [4.78, 5) is 15.0. The normalized spacial score (nSPS) is 11.1. The Kier molecular flexibility index (Phi) is 2.74. The fourth-order valence-corrected chi connectivity index (χ4v) is 1.01. The van der Waals surface area contributed by atoms with Crippen molar-refractivity contribution in [2.24, 2.45) is 5.73 Å². The predicted octanol–water partition coefficient (Wildman–Crippen LogP) is 1.07. The monoisotopic (exact) mass is 193 g/mol. The van der Waals surface area contributed by atoms with E-state index < -0.39 is 5.54 Å². The standard InChI is InChI=1S/C10H15N3O/c1-7-6-12-5-4-8(7)13-10(2,3)9(11)14/h4-6H,1-3H3,(H2,11,14)(H,12,13). The highest BCUT2D eigenvalue weighted by atomic mass is 16.1. The molecule has 1 aromatic rings. The van der Waals surface area contributed by atoms with E-state index >= 15 is 0 Å². The number of aryl methyl sites for hydroxylation is 1. The Morgan fingerprint density at radius 1 is 1.57 bits per heavy atom. The molecule has 0 saturated heterocycles. The fraction of sp³-hybridized carbons (Fsp3) is 0.400. The molecule has 1 rings (SSSR count). The number of nitrogens with two attached hydrogens (primary N) is 1. The minimum atomic E-state index is -0.744. The lowest BCUT2D eigenvalue weighted by Gasteiger charge is -2.24. The van der Waals surface area contributed by atoms with Gasteiger partial charge in [0.05, 0.1) is 0 Å². The third-order valence-electron chi connectivity index (χ3n) is 2.08. The Hall–Kier alpha value is -1.58. The highest BCUT2D eigenvalue weighted by molar-refractivity contribution is 5.87. The second-order valence-electron chi connectivity index (χ2n) is 3.80. The molecule has 4 nitrogen and oxygen atoms in total. The van der Waals surface area contributed by atoms with Gasteiger partial charge in [-0.25, -0.2) is 0 Å². The van der Waals surface area contributed by atoms with Crippen LogP contribution < -0.4 is 11.1 Å². The second kappa shape index (κ2) is 3.65. The van der Waals surface area contributed by atoms with Gasteiger partial charge in [0.1, 0.15) is 5.54 Å². The maximum Gasteiger partial charge on any atom is 0.242 e. The molecule has 4 heteroatoms. The number of hydrogen-bond acceptors (Lipinski definition) is 3. The number of aromatic nitrogens is 1. The van der Waals surface area contributed by atoms with Gasteiger partial charge in [-0.05, 0) is 32.4 Å². The maximum atomic E-state index is 11.1. The van der Waals surface area contributed by atoms with Gasteiger partial charge >= 0.3 is 0 Å². The lowest BCUT2D eigenvalue weighted by molar-refractivity contribution is -0.121. The lowest BCUT2D eigenvalue weighted by Crippen LogP contribution is -2.45.